The fraction of sp³-hybridized carbons (Fsp3) is 0.333. The van der Waals surface area contributed by atoms with Crippen LogP contribution in [0, 0.1) is 0 Å². The SMILES string of the molecule is [2H]C([2H])([2H])n1cc(Br)nn1. The Morgan fingerprint density at radius 3 is 3.29 bits per heavy atom. The number of nitrogens with zero attached hydrogens (tertiary/aromatic N) is 3. The van der Waals surface area contributed by atoms with Crippen molar-refractivity contribution < 1.29 is 4.11 Å². The zero-order valence-electron chi connectivity index (χ0n) is 6.30. The van der Waals surface area contributed by atoms with E-state index in [9.17, 15) is 0 Å². The maximum Gasteiger partial charge on any atom is 0.148 e. The summed E-state index contributed by atoms with van der Waals surface area (Å²) in [5, 5.41) is 6.80. The molecule has 0 atom stereocenters. The third kappa shape index (κ3) is 0.991. The maximum absolute atomic E-state index is 6.86. The lowest BCUT2D eigenvalue weighted by atomic mass is 10.9. The predicted molar refractivity (Wildman–Crippen MR) is 28.7 cm³/mol. The summed E-state index contributed by atoms with van der Waals surface area (Å²) in [6.45, 7) is -2.22. The molecule has 4 heteroatoms. The van der Waals surface area contributed by atoms with Gasteiger partial charge >= 0.3 is 0 Å². The first-order valence-electron chi connectivity index (χ1n) is 3.08. The minimum atomic E-state index is -2.22. The smallest absolute Gasteiger partial charge is 0.148 e. The summed E-state index contributed by atoms with van der Waals surface area (Å²) in [6, 6.07) is 0. The molecule has 0 saturated heterocycles. The first-order chi connectivity index (χ1) is 4.50. The third-order valence-corrected chi connectivity index (χ3v) is 0.829. The zero-order valence-corrected chi connectivity index (χ0v) is 4.88. The highest BCUT2D eigenvalue weighted by atomic mass is 79.9. The number of aryl methyl sites for hydroxylation is 1. The van der Waals surface area contributed by atoms with Crippen LogP contribution in [-0.2, 0) is 6.98 Å². The molecule has 1 aromatic rings. The van der Waals surface area contributed by atoms with E-state index >= 15 is 0 Å². The zero-order chi connectivity index (χ0) is 7.78. The highest BCUT2D eigenvalue weighted by molar-refractivity contribution is 9.10. The molecule has 0 saturated carbocycles. The molecule has 0 aromatic carbocycles. The van der Waals surface area contributed by atoms with Crippen LogP contribution in [0.4, 0.5) is 0 Å². The van der Waals surface area contributed by atoms with Crippen molar-refractivity contribution in [1.82, 2.24) is 15.0 Å². The lowest BCUT2D eigenvalue weighted by Gasteiger charge is -1.74. The topological polar surface area (TPSA) is 30.7 Å². The van der Waals surface area contributed by atoms with Gasteiger partial charge in [-0.1, -0.05) is 5.21 Å². The van der Waals surface area contributed by atoms with Gasteiger partial charge in [0.2, 0.25) is 0 Å². The quantitative estimate of drug-likeness (QED) is 0.562. The Morgan fingerprint density at radius 1 is 2.14 bits per heavy atom. The summed E-state index contributed by atoms with van der Waals surface area (Å²) in [5.41, 5.74) is 0. The Bertz CT molecular complexity index is 229. The van der Waals surface area contributed by atoms with Gasteiger partial charge in [-0.05, 0) is 15.9 Å². The molecule has 0 radical (unpaired) electrons. The van der Waals surface area contributed by atoms with Crippen molar-refractivity contribution >= 4 is 15.9 Å². The van der Waals surface area contributed by atoms with E-state index in [4.69, 9.17) is 4.11 Å². The number of aromatic nitrogens is 3. The first-order valence-corrected chi connectivity index (χ1v) is 2.38. The lowest BCUT2D eigenvalue weighted by molar-refractivity contribution is 0.714. The molecule has 0 aliphatic heterocycles. The molecule has 1 aromatic heterocycles. The van der Waals surface area contributed by atoms with Crippen molar-refractivity contribution in [3.8, 4) is 0 Å². The van der Waals surface area contributed by atoms with Gasteiger partial charge in [0.25, 0.3) is 0 Å². The highest BCUT2D eigenvalue weighted by Gasteiger charge is 1.86. The predicted octanol–water partition coefficient (Wildman–Crippen LogP) is 0.578. The second-order valence-corrected chi connectivity index (χ2v) is 1.80. The number of halogens is 1. The number of hydrogen-bond donors (Lipinski definition) is 0. The van der Waals surface area contributed by atoms with Crippen LogP contribution in [0.2, 0.25) is 0 Å². The molecule has 0 N–H and O–H groups in total. The second kappa shape index (κ2) is 1.61. The van der Waals surface area contributed by atoms with Crippen molar-refractivity contribution in [3.05, 3.63) is 10.8 Å². The van der Waals surface area contributed by atoms with Crippen LogP contribution in [0.5, 0.6) is 0 Å². The molecule has 0 fully saturated rings. The van der Waals surface area contributed by atoms with E-state index in [2.05, 4.69) is 26.2 Å². The first kappa shape index (κ1) is 2.26. The lowest BCUT2D eigenvalue weighted by Crippen LogP contribution is -1.85. The average molecular weight is 165 g/mol. The van der Waals surface area contributed by atoms with Crippen molar-refractivity contribution in [2.45, 2.75) is 0 Å². The van der Waals surface area contributed by atoms with Gasteiger partial charge in [-0.15, -0.1) is 5.10 Å². The molecular formula is C3H4BrN3. The Morgan fingerprint density at radius 2 is 3.00 bits per heavy atom. The molecule has 7 heavy (non-hydrogen) atoms. The van der Waals surface area contributed by atoms with Gasteiger partial charge in [0, 0.05) is 11.1 Å². The van der Waals surface area contributed by atoms with E-state index in [1.165, 1.54) is 6.20 Å². The molecule has 0 amide bonds. The van der Waals surface area contributed by atoms with E-state index < -0.39 is 6.98 Å². The molecule has 0 aliphatic rings. The second-order valence-electron chi connectivity index (χ2n) is 0.986. The van der Waals surface area contributed by atoms with E-state index in [1.807, 2.05) is 0 Å². The summed E-state index contributed by atoms with van der Waals surface area (Å²) < 4.78 is 21.8. The maximum atomic E-state index is 6.86. The Hall–Kier alpha value is -0.380. The third-order valence-electron chi connectivity index (χ3n) is 0.465. The summed E-state index contributed by atoms with van der Waals surface area (Å²) in [6.07, 6.45) is 1.30. The largest absolute Gasteiger partial charge is 0.254 e. The molecule has 1 heterocycles. The Labute approximate surface area is 53.7 Å². The van der Waals surface area contributed by atoms with Crippen LogP contribution in [0.15, 0.2) is 10.8 Å². The van der Waals surface area contributed by atoms with Gasteiger partial charge in [0.1, 0.15) is 4.60 Å². The standard InChI is InChI=1S/C3H4BrN3/c1-7-2-3(4)5-6-7/h2H,1H3/i1D3. The van der Waals surface area contributed by atoms with E-state index in [0.717, 1.165) is 4.68 Å². The molecule has 0 unspecified atom stereocenters. The van der Waals surface area contributed by atoms with Crippen LogP contribution in [0.3, 0.4) is 0 Å². The van der Waals surface area contributed by atoms with Crippen LogP contribution in [-0.4, -0.2) is 15.0 Å². The van der Waals surface area contributed by atoms with Crippen molar-refractivity contribution in [1.29, 1.82) is 0 Å². The summed E-state index contributed by atoms with van der Waals surface area (Å²) in [7, 11) is 0. The van der Waals surface area contributed by atoms with Crippen LogP contribution in [0.25, 0.3) is 0 Å². The minimum Gasteiger partial charge on any atom is -0.254 e. The minimum absolute atomic E-state index is 0.420. The Kier molecular flexibility index (Phi) is 0.521. The van der Waals surface area contributed by atoms with E-state index in [-0.39, 0.29) is 0 Å². The van der Waals surface area contributed by atoms with Gasteiger partial charge in [0.05, 0.1) is 6.20 Å². The summed E-state index contributed by atoms with van der Waals surface area (Å²) in [5.74, 6) is 0. The van der Waals surface area contributed by atoms with Crippen molar-refractivity contribution in [2.24, 2.45) is 6.98 Å². The molecule has 38 valence electrons. The van der Waals surface area contributed by atoms with Crippen molar-refractivity contribution in [2.75, 3.05) is 0 Å². The normalized spacial score (nSPS) is 17.6. The van der Waals surface area contributed by atoms with Gasteiger partial charge in [-0.25, -0.2) is 0 Å². The Balaban J connectivity index is 2.96. The molecule has 1 rings (SSSR count). The van der Waals surface area contributed by atoms with Gasteiger partial charge in [-0.3, -0.25) is 4.68 Å². The number of hydrogen-bond acceptors (Lipinski definition) is 2. The summed E-state index contributed by atoms with van der Waals surface area (Å²) >= 11 is 2.98. The van der Waals surface area contributed by atoms with Gasteiger partial charge < -0.3 is 0 Å². The molecule has 0 aliphatic carbocycles. The van der Waals surface area contributed by atoms with Crippen LogP contribution >= 0.6 is 15.9 Å². The van der Waals surface area contributed by atoms with Gasteiger partial charge in [0.15, 0.2) is 0 Å². The highest BCUT2D eigenvalue weighted by Crippen LogP contribution is 1.98. The van der Waals surface area contributed by atoms with E-state index in [1.54, 1.807) is 0 Å². The van der Waals surface area contributed by atoms with Crippen LogP contribution in [0.1, 0.15) is 4.11 Å². The fourth-order valence-corrected chi connectivity index (χ4v) is 0.508. The molecular weight excluding hydrogens is 158 g/mol. The fourth-order valence-electron chi connectivity index (χ4n) is 0.243. The molecule has 3 nitrogen and oxygen atoms in total. The summed E-state index contributed by atoms with van der Waals surface area (Å²) in [4.78, 5) is 0. The molecule has 0 spiro atoms. The molecule has 0 bridgehead atoms. The average Bonchev–Trinajstić information content (AvgIpc) is 2.11. The van der Waals surface area contributed by atoms with E-state index in [0.29, 0.717) is 4.60 Å². The number of rotatable bonds is 0. The van der Waals surface area contributed by atoms with Crippen LogP contribution < -0.4 is 0 Å². The van der Waals surface area contributed by atoms with Crippen molar-refractivity contribution in [3.63, 3.8) is 0 Å². The monoisotopic (exact) mass is 164 g/mol. The van der Waals surface area contributed by atoms with Gasteiger partial charge in [-0.2, -0.15) is 0 Å².